The molecule has 15 heavy (non-hydrogen) atoms. The molecule has 0 amide bonds. The SMILES string of the molecule is CN1CC(CN)CC1c1cccc(Br)c1. The highest BCUT2D eigenvalue weighted by Gasteiger charge is 2.29. The van der Waals surface area contributed by atoms with Gasteiger partial charge in [-0.05, 0) is 43.6 Å². The van der Waals surface area contributed by atoms with Crippen molar-refractivity contribution in [2.24, 2.45) is 11.7 Å². The summed E-state index contributed by atoms with van der Waals surface area (Å²) >= 11 is 3.52. The van der Waals surface area contributed by atoms with Gasteiger partial charge < -0.3 is 5.73 Å². The maximum Gasteiger partial charge on any atom is 0.0349 e. The minimum absolute atomic E-state index is 0.538. The topological polar surface area (TPSA) is 29.3 Å². The zero-order valence-corrected chi connectivity index (χ0v) is 10.6. The van der Waals surface area contributed by atoms with Crippen LogP contribution in [0.15, 0.2) is 28.7 Å². The van der Waals surface area contributed by atoms with E-state index in [9.17, 15) is 0 Å². The molecule has 2 rings (SSSR count). The summed E-state index contributed by atoms with van der Waals surface area (Å²) in [7, 11) is 2.18. The van der Waals surface area contributed by atoms with E-state index in [1.807, 2.05) is 0 Å². The molecule has 82 valence electrons. The van der Waals surface area contributed by atoms with Crippen LogP contribution in [0.4, 0.5) is 0 Å². The molecule has 2 atom stereocenters. The maximum absolute atomic E-state index is 5.73. The van der Waals surface area contributed by atoms with E-state index in [4.69, 9.17) is 5.73 Å². The summed E-state index contributed by atoms with van der Waals surface area (Å²) < 4.78 is 1.16. The van der Waals surface area contributed by atoms with Crippen molar-refractivity contribution in [3.63, 3.8) is 0 Å². The highest BCUT2D eigenvalue weighted by atomic mass is 79.9. The Labute approximate surface area is 99.6 Å². The fourth-order valence-corrected chi connectivity index (χ4v) is 2.80. The van der Waals surface area contributed by atoms with Gasteiger partial charge in [0, 0.05) is 17.1 Å². The molecule has 2 nitrogen and oxygen atoms in total. The largest absolute Gasteiger partial charge is 0.330 e. The number of benzene rings is 1. The summed E-state index contributed by atoms with van der Waals surface area (Å²) in [6.07, 6.45) is 1.18. The van der Waals surface area contributed by atoms with E-state index in [1.54, 1.807) is 0 Å². The first-order valence-corrected chi connectivity index (χ1v) is 6.15. The standard InChI is InChI=1S/C12H17BrN2/c1-15-8-9(7-14)5-12(15)10-3-2-4-11(13)6-10/h2-4,6,9,12H,5,7-8,14H2,1H3. The molecule has 0 spiro atoms. The molecular formula is C12H17BrN2. The van der Waals surface area contributed by atoms with Gasteiger partial charge in [0.1, 0.15) is 0 Å². The number of hydrogen-bond acceptors (Lipinski definition) is 2. The average molecular weight is 269 g/mol. The Kier molecular flexibility index (Phi) is 3.44. The summed E-state index contributed by atoms with van der Waals surface area (Å²) in [5.41, 5.74) is 7.12. The first-order chi connectivity index (χ1) is 7.20. The van der Waals surface area contributed by atoms with E-state index >= 15 is 0 Å². The molecule has 0 bridgehead atoms. The zero-order chi connectivity index (χ0) is 10.8. The summed E-state index contributed by atoms with van der Waals surface area (Å²) in [4.78, 5) is 2.40. The average Bonchev–Trinajstić information content (AvgIpc) is 2.60. The van der Waals surface area contributed by atoms with Gasteiger partial charge in [0.15, 0.2) is 0 Å². The molecule has 1 aromatic carbocycles. The van der Waals surface area contributed by atoms with Gasteiger partial charge in [-0.1, -0.05) is 28.1 Å². The molecule has 3 heteroatoms. The van der Waals surface area contributed by atoms with E-state index in [1.165, 1.54) is 12.0 Å². The number of rotatable bonds is 2. The highest BCUT2D eigenvalue weighted by molar-refractivity contribution is 9.10. The van der Waals surface area contributed by atoms with Crippen LogP contribution in [-0.4, -0.2) is 25.0 Å². The van der Waals surface area contributed by atoms with Gasteiger partial charge in [-0.15, -0.1) is 0 Å². The van der Waals surface area contributed by atoms with Crippen LogP contribution in [0.3, 0.4) is 0 Å². The third-order valence-corrected chi connectivity index (χ3v) is 3.69. The Morgan fingerprint density at radius 2 is 2.33 bits per heavy atom. The van der Waals surface area contributed by atoms with Crippen LogP contribution in [0, 0.1) is 5.92 Å². The molecular weight excluding hydrogens is 252 g/mol. The molecule has 1 aliphatic heterocycles. The first kappa shape index (κ1) is 11.1. The monoisotopic (exact) mass is 268 g/mol. The van der Waals surface area contributed by atoms with Crippen LogP contribution in [0.25, 0.3) is 0 Å². The number of hydrogen-bond donors (Lipinski definition) is 1. The zero-order valence-electron chi connectivity index (χ0n) is 8.99. The molecule has 1 aromatic rings. The number of nitrogens with two attached hydrogens (primary N) is 1. The second kappa shape index (κ2) is 4.64. The van der Waals surface area contributed by atoms with Crippen molar-refractivity contribution in [3.8, 4) is 0 Å². The molecule has 1 saturated heterocycles. The van der Waals surface area contributed by atoms with Crippen LogP contribution >= 0.6 is 15.9 Å². The van der Waals surface area contributed by atoms with Gasteiger partial charge in [-0.2, -0.15) is 0 Å². The van der Waals surface area contributed by atoms with Gasteiger partial charge in [0.05, 0.1) is 0 Å². The van der Waals surface area contributed by atoms with Gasteiger partial charge in [0.2, 0.25) is 0 Å². The highest BCUT2D eigenvalue weighted by Crippen LogP contribution is 2.34. The van der Waals surface area contributed by atoms with Crippen LogP contribution in [0.2, 0.25) is 0 Å². The Morgan fingerprint density at radius 3 is 2.93 bits per heavy atom. The summed E-state index contributed by atoms with van der Waals surface area (Å²) in [5.74, 6) is 0.652. The molecule has 1 fully saturated rings. The first-order valence-electron chi connectivity index (χ1n) is 5.36. The normalized spacial score (nSPS) is 27.1. The van der Waals surface area contributed by atoms with E-state index in [0.29, 0.717) is 12.0 Å². The lowest BCUT2D eigenvalue weighted by Gasteiger charge is -2.19. The van der Waals surface area contributed by atoms with Crippen molar-refractivity contribution >= 4 is 15.9 Å². The lowest BCUT2D eigenvalue weighted by atomic mass is 10.0. The Balaban J connectivity index is 2.17. The van der Waals surface area contributed by atoms with Crippen molar-refractivity contribution in [3.05, 3.63) is 34.3 Å². The summed E-state index contributed by atoms with van der Waals surface area (Å²) in [6.45, 7) is 1.92. The second-order valence-electron chi connectivity index (χ2n) is 4.35. The lowest BCUT2D eigenvalue weighted by molar-refractivity contribution is 0.313. The van der Waals surface area contributed by atoms with E-state index in [-0.39, 0.29) is 0 Å². The Morgan fingerprint density at radius 1 is 1.53 bits per heavy atom. The van der Waals surface area contributed by atoms with E-state index in [0.717, 1.165) is 17.6 Å². The predicted molar refractivity (Wildman–Crippen MR) is 66.7 cm³/mol. The third kappa shape index (κ3) is 2.41. The fourth-order valence-electron chi connectivity index (χ4n) is 2.38. The fraction of sp³-hybridized carbons (Fsp3) is 0.500. The van der Waals surface area contributed by atoms with Gasteiger partial charge in [0.25, 0.3) is 0 Å². The lowest BCUT2D eigenvalue weighted by Crippen LogP contribution is -2.20. The molecule has 1 heterocycles. The van der Waals surface area contributed by atoms with Crippen LogP contribution in [0.5, 0.6) is 0 Å². The smallest absolute Gasteiger partial charge is 0.0349 e. The molecule has 1 aliphatic rings. The van der Waals surface area contributed by atoms with Gasteiger partial charge in [-0.3, -0.25) is 4.90 Å². The minimum atomic E-state index is 0.538. The second-order valence-corrected chi connectivity index (χ2v) is 5.26. The van der Waals surface area contributed by atoms with Crippen molar-refractivity contribution in [1.29, 1.82) is 0 Å². The molecule has 0 saturated carbocycles. The minimum Gasteiger partial charge on any atom is -0.330 e. The molecule has 2 unspecified atom stereocenters. The van der Waals surface area contributed by atoms with Crippen molar-refractivity contribution < 1.29 is 0 Å². The van der Waals surface area contributed by atoms with E-state index in [2.05, 4.69) is 52.1 Å². The van der Waals surface area contributed by atoms with Gasteiger partial charge >= 0.3 is 0 Å². The summed E-state index contributed by atoms with van der Waals surface area (Å²) in [6, 6.07) is 9.11. The van der Waals surface area contributed by atoms with Crippen LogP contribution in [-0.2, 0) is 0 Å². The molecule has 0 radical (unpaired) electrons. The van der Waals surface area contributed by atoms with Crippen molar-refractivity contribution in [1.82, 2.24) is 4.90 Å². The quantitative estimate of drug-likeness (QED) is 0.893. The molecule has 2 N–H and O–H groups in total. The number of nitrogens with zero attached hydrogens (tertiary/aromatic N) is 1. The van der Waals surface area contributed by atoms with Crippen molar-refractivity contribution in [2.45, 2.75) is 12.5 Å². The number of halogens is 1. The molecule has 0 aromatic heterocycles. The summed E-state index contributed by atoms with van der Waals surface area (Å²) in [5, 5.41) is 0. The number of likely N-dealkylation sites (tertiary alicyclic amines) is 1. The molecule has 0 aliphatic carbocycles. The predicted octanol–water partition coefficient (Wildman–Crippen LogP) is 2.40. The van der Waals surface area contributed by atoms with Crippen LogP contribution < -0.4 is 5.73 Å². The van der Waals surface area contributed by atoms with Crippen LogP contribution in [0.1, 0.15) is 18.0 Å². The van der Waals surface area contributed by atoms with Crippen molar-refractivity contribution in [2.75, 3.05) is 20.1 Å². The maximum atomic E-state index is 5.73. The van der Waals surface area contributed by atoms with E-state index < -0.39 is 0 Å². The Hall–Kier alpha value is -0.380. The van der Waals surface area contributed by atoms with Gasteiger partial charge in [-0.25, -0.2) is 0 Å². The Bertz CT molecular complexity index is 340. The third-order valence-electron chi connectivity index (χ3n) is 3.20.